The summed E-state index contributed by atoms with van der Waals surface area (Å²) < 4.78 is 17.9. The van der Waals surface area contributed by atoms with Crippen molar-refractivity contribution in [1.82, 2.24) is 9.97 Å². The molecule has 42 heavy (non-hydrogen) atoms. The number of rotatable bonds is 8. The number of ether oxygens (including phenoxy) is 2. The van der Waals surface area contributed by atoms with Gasteiger partial charge in [-0.05, 0) is 58.9 Å². The lowest BCUT2D eigenvalue weighted by Gasteiger charge is -2.22. The second kappa shape index (κ2) is 11.6. The molecule has 1 amide bonds. The summed E-state index contributed by atoms with van der Waals surface area (Å²) in [5.41, 5.74) is 4.32. The van der Waals surface area contributed by atoms with Gasteiger partial charge in [-0.1, -0.05) is 77.9 Å². The number of hydrogen-bond acceptors (Lipinski definition) is 7. The summed E-state index contributed by atoms with van der Waals surface area (Å²) in [5.74, 6) is 1.43. The van der Waals surface area contributed by atoms with Gasteiger partial charge in [0.25, 0.3) is 11.9 Å². The molecule has 8 heteroatoms. The van der Waals surface area contributed by atoms with Gasteiger partial charge in [-0.25, -0.2) is 4.98 Å². The first kappa shape index (κ1) is 28.7. The van der Waals surface area contributed by atoms with E-state index in [0.29, 0.717) is 34.1 Å². The molecular weight excluding hydrogens is 528 g/mol. The highest BCUT2D eigenvalue weighted by molar-refractivity contribution is 6.00. The van der Waals surface area contributed by atoms with Crippen molar-refractivity contribution in [3.8, 4) is 17.4 Å². The predicted octanol–water partition coefficient (Wildman–Crippen LogP) is 8.37. The van der Waals surface area contributed by atoms with Crippen LogP contribution in [0.5, 0.6) is 17.4 Å². The van der Waals surface area contributed by atoms with Crippen molar-refractivity contribution in [3.63, 3.8) is 0 Å². The number of aromatic nitrogens is 2. The van der Waals surface area contributed by atoms with Gasteiger partial charge in [-0.3, -0.25) is 4.79 Å². The molecule has 8 nitrogen and oxygen atoms in total. The molecule has 3 aromatic carbocycles. The Kier molecular flexibility index (Phi) is 7.89. The van der Waals surface area contributed by atoms with E-state index in [4.69, 9.17) is 13.9 Å². The number of anilines is 3. The van der Waals surface area contributed by atoms with Gasteiger partial charge in [0, 0.05) is 11.8 Å². The van der Waals surface area contributed by atoms with E-state index in [1.807, 2.05) is 48.5 Å². The highest BCUT2D eigenvalue weighted by Gasteiger charge is 2.21. The van der Waals surface area contributed by atoms with Crippen LogP contribution in [0.4, 0.5) is 17.4 Å². The maximum atomic E-state index is 12.7. The third-order valence-corrected chi connectivity index (χ3v) is 6.70. The molecule has 0 atom stereocenters. The molecule has 2 N–H and O–H groups in total. The number of amides is 1. The minimum Gasteiger partial charge on any atom is -0.484 e. The van der Waals surface area contributed by atoms with Crippen LogP contribution < -0.4 is 20.1 Å². The summed E-state index contributed by atoms with van der Waals surface area (Å²) in [7, 11) is 0. The number of nitrogens with one attached hydrogen (secondary N) is 2. The van der Waals surface area contributed by atoms with Crippen molar-refractivity contribution in [2.75, 3.05) is 17.2 Å². The maximum absolute atomic E-state index is 12.7. The minimum absolute atomic E-state index is 0.0448. The number of fused-ring (bicyclic) bond motifs is 1. The fourth-order valence-electron chi connectivity index (χ4n) is 4.45. The van der Waals surface area contributed by atoms with E-state index in [9.17, 15) is 4.79 Å². The highest BCUT2D eigenvalue weighted by Crippen LogP contribution is 2.37. The van der Waals surface area contributed by atoms with Gasteiger partial charge in [-0.2, -0.15) is 4.98 Å². The summed E-state index contributed by atoms with van der Waals surface area (Å²) in [4.78, 5) is 21.8. The largest absolute Gasteiger partial charge is 0.484 e. The summed E-state index contributed by atoms with van der Waals surface area (Å²) >= 11 is 0. The lowest BCUT2D eigenvalue weighted by atomic mass is 9.86. The van der Waals surface area contributed by atoms with Crippen LogP contribution in [0.25, 0.3) is 11.1 Å². The average molecular weight is 565 g/mol. The van der Waals surface area contributed by atoms with Gasteiger partial charge < -0.3 is 24.5 Å². The topological polar surface area (TPSA) is 98.5 Å². The fraction of sp³-hybridized carbons (Fsp3) is 0.265. The van der Waals surface area contributed by atoms with Crippen LogP contribution in [-0.4, -0.2) is 22.5 Å². The van der Waals surface area contributed by atoms with Crippen molar-refractivity contribution < 1.29 is 18.7 Å². The zero-order valence-electron chi connectivity index (χ0n) is 24.8. The van der Waals surface area contributed by atoms with Gasteiger partial charge in [0.15, 0.2) is 12.2 Å². The Labute approximate surface area is 246 Å². The monoisotopic (exact) mass is 564 g/mol. The van der Waals surface area contributed by atoms with Gasteiger partial charge in [-0.15, -0.1) is 0 Å². The molecule has 0 fully saturated rings. The zero-order chi connectivity index (χ0) is 29.9. The number of carbonyl (C=O) groups excluding carboxylic acids is 1. The quantitative estimate of drug-likeness (QED) is 0.195. The molecule has 216 valence electrons. The molecule has 0 radical (unpaired) electrons. The molecule has 0 saturated heterocycles. The van der Waals surface area contributed by atoms with Crippen LogP contribution in [-0.2, 0) is 15.6 Å². The Hall–Kier alpha value is -4.85. The van der Waals surface area contributed by atoms with Crippen LogP contribution in [0.3, 0.4) is 0 Å². The van der Waals surface area contributed by atoms with Crippen molar-refractivity contribution in [2.24, 2.45) is 0 Å². The van der Waals surface area contributed by atoms with Crippen molar-refractivity contribution in [2.45, 2.75) is 52.4 Å². The van der Waals surface area contributed by atoms with Crippen LogP contribution in [0.1, 0.15) is 52.7 Å². The number of pyridine rings is 1. The van der Waals surface area contributed by atoms with Crippen LogP contribution in [0.15, 0.2) is 89.5 Å². The minimum atomic E-state index is -0.305. The highest BCUT2D eigenvalue weighted by atomic mass is 16.5. The summed E-state index contributed by atoms with van der Waals surface area (Å²) in [6.07, 6.45) is 1.67. The van der Waals surface area contributed by atoms with E-state index >= 15 is 0 Å². The number of para-hydroxylation sites is 2. The lowest BCUT2D eigenvalue weighted by molar-refractivity contribution is -0.118. The van der Waals surface area contributed by atoms with Crippen molar-refractivity contribution >= 4 is 34.4 Å². The molecular formula is C34H36N4O4. The maximum Gasteiger partial charge on any atom is 0.300 e. The van der Waals surface area contributed by atoms with E-state index in [1.54, 1.807) is 30.5 Å². The normalized spacial score (nSPS) is 11.8. The molecule has 5 aromatic rings. The standard InChI is InChI=1S/C34H36N4O4/c1-33(2,3)22-16-18-23(19-17-22)40-21-29(39)36-25-12-9-15-28-30(25)38-32(42-28)37-26-13-10-20-35-31(26)41-27-14-8-7-11-24(27)34(4,5)6/h7-20H,21H2,1-6H3,(H,36,39)(H,37,38). The van der Waals surface area contributed by atoms with E-state index in [2.05, 4.69) is 68.2 Å². The zero-order valence-corrected chi connectivity index (χ0v) is 24.8. The van der Waals surface area contributed by atoms with E-state index in [-0.39, 0.29) is 29.4 Å². The third-order valence-electron chi connectivity index (χ3n) is 6.70. The summed E-state index contributed by atoms with van der Waals surface area (Å²) in [6.45, 7) is 12.7. The number of nitrogens with zero attached hydrogens (tertiary/aromatic N) is 2. The van der Waals surface area contributed by atoms with Crippen molar-refractivity contribution in [1.29, 1.82) is 0 Å². The van der Waals surface area contributed by atoms with E-state index in [1.165, 1.54) is 5.56 Å². The Morgan fingerprint density at radius 3 is 2.31 bits per heavy atom. The van der Waals surface area contributed by atoms with Gasteiger partial charge in [0.2, 0.25) is 5.88 Å². The number of hydrogen-bond donors (Lipinski definition) is 2. The van der Waals surface area contributed by atoms with Crippen LogP contribution in [0, 0.1) is 0 Å². The van der Waals surface area contributed by atoms with Gasteiger partial charge in [0.1, 0.15) is 22.7 Å². The lowest BCUT2D eigenvalue weighted by Crippen LogP contribution is -2.20. The first-order valence-corrected chi connectivity index (χ1v) is 13.9. The molecule has 2 heterocycles. The van der Waals surface area contributed by atoms with Gasteiger partial charge >= 0.3 is 0 Å². The molecule has 2 aromatic heterocycles. The number of oxazole rings is 1. The molecule has 0 aliphatic carbocycles. The van der Waals surface area contributed by atoms with Crippen molar-refractivity contribution in [3.05, 3.63) is 96.2 Å². The van der Waals surface area contributed by atoms with E-state index < -0.39 is 0 Å². The second-order valence-electron chi connectivity index (χ2n) is 12.1. The number of carbonyl (C=O) groups is 1. The molecule has 0 saturated carbocycles. The third kappa shape index (κ3) is 6.71. The molecule has 0 spiro atoms. The Morgan fingerprint density at radius 2 is 1.57 bits per heavy atom. The second-order valence-corrected chi connectivity index (χ2v) is 12.1. The molecule has 0 bridgehead atoms. The van der Waals surface area contributed by atoms with Crippen LogP contribution >= 0.6 is 0 Å². The smallest absolute Gasteiger partial charge is 0.300 e. The Morgan fingerprint density at radius 1 is 0.833 bits per heavy atom. The van der Waals surface area contributed by atoms with Crippen LogP contribution in [0.2, 0.25) is 0 Å². The SMILES string of the molecule is CC(C)(C)c1ccc(OCC(=O)Nc2cccc3oc(Nc4cccnc4Oc4ccccc4C(C)(C)C)nc23)cc1. The predicted molar refractivity (Wildman–Crippen MR) is 166 cm³/mol. The Balaban J connectivity index is 1.29. The summed E-state index contributed by atoms with van der Waals surface area (Å²) in [6, 6.07) is 24.9. The number of benzene rings is 3. The Bertz CT molecular complexity index is 1700. The summed E-state index contributed by atoms with van der Waals surface area (Å²) in [5, 5.41) is 6.06. The van der Waals surface area contributed by atoms with Gasteiger partial charge in [0.05, 0.1) is 5.69 Å². The first-order chi connectivity index (χ1) is 20.0. The first-order valence-electron chi connectivity index (χ1n) is 13.9. The molecule has 0 aliphatic rings. The van der Waals surface area contributed by atoms with E-state index in [0.717, 1.165) is 11.3 Å². The molecule has 5 rings (SSSR count). The molecule has 0 unspecified atom stereocenters. The molecule has 0 aliphatic heterocycles. The fourth-order valence-corrected chi connectivity index (χ4v) is 4.45. The average Bonchev–Trinajstić information content (AvgIpc) is 3.36.